The molecule has 0 bridgehead atoms. The normalized spacial score (nSPS) is 12.0. The molecule has 2 aromatic rings. The van der Waals surface area contributed by atoms with E-state index in [9.17, 15) is 9.59 Å². The first kappa shape index (κ1) is 18.0. The number of carbonyl (C=O) groups excluding carboxylic acids is 2. The third-order valence-electron chi connectivity index (χ3n) is 3.04. The number of amides is 1. The highest BCUT2D eigenvalue weighted by molar-refractivity contribution is 7.08. The van der Waals surface area contributed by atoms with Crippen molar-refractivity contribution in [3.05, 3.63) is 51.7 Å². The molecule has 1 amide bonds. The number of hydrogen-bond acceptors (Lipinski definition) is 5. The van der Waals surface area contributed by atoms with E-state index in [-0.39, 0.29) is 0 Å². The van der Waals surface area contributed by atoms with E-state index in [0.29, 0.717) is 16.5 Å². The molecule has 2 rings (SSSR count). The summed E-state index contributed by atoms with van der Waals surface area (Å²) in [7, 11) is 1.50. The standard InChI is InChI=1S/C17H16ClNO4S/c1-11(23-16(20)6-3-12-7-8-24-10-12)17(21)19-13-4-5-15(22-2)14(18)9-13/h3-11H,1-2H3,(H,19,21)/b6-3+/t11-/m1/s1. The van der Waals surface area contributed by atoms with Crippen molar-refractivity contribution in [2.75, 3.05) is 12.4 Å². The van der Waals surface area contributed by atoms with Crippen molar-refractivity contribution in [3.63, 3.8) is 0 Å². The Hall–Kier alpha value is -2.31. The summed E-state index contributed by atoms with van der Waals surface area (Å²) in [5.74, 6) is -0.530. The van der Waals surface area contributed by atoms with Crippen molar-refractivity contribution in [2.45, 2.75) is 13.0 Å². The first-order chi connectivity index (χ1) is 11.5. The van der Waals surface area contributed by atoms with Crippen LogP contribution in [0.4, 0.5) is 5.69 Å². The first-order valence-corrected chi connectivity index (χ1v) is 8.37. The van der Waals surface area contributed by atoms with Crippen LogP contribution >= 0.6 is 22.9 Å². The fourth-order valence-electron chi connectivity index (χ4n) is 1.79. The van der Waals surface area contributed by atoms with Gasteiger partial charge in [0.05, 0.1) is 12.1 Å². The van der Waals surface area contributed by atoms with Gasteiger partial charge in [-0.3, -0.25) is 4.79 Å². The Labute approximate surface area is 148 Å². The van der Waals surface area contributed by atoms with Crippen molar-refractivity contribution in [2.24, 2.45) is 0 Å². The molecule has 0 aliphatic rings. The molecule has 1 N–H and O–H groups in total. The molecule has 0 unspecified atom stereocenters. The molecule has 24 heavy (non-hydrogen) atoms. The van der Waals surface area contributed by atoms with Gasteiger partial charge in [0.25, 0.3) is 5.91 Å². The molecule has 1 aromatic carbocycles. The minimum atomic E-state index is -0.939. The van der Waals surface area contributed by atoms with Gasteiger partial charge < -0.3 is 14.8 Å². The fraction of sp³-hybridized carbons (Fsp3) is 0.176. The van der Waals surface area contributed by atoms with Crippen molar-refractivity contribution in [3.8, 4) is 5.75 Å². The number of carbonyl (C=O) groups is 2. The Morgan fingerprint density at radius 2 is 2.12 bits per heavy atom. The van der Waals surface area contributed by atoms with Gasteiger partial charge in [0, 0.05) is 11.8 Å². The zero-order chi connectivity index (χ0) is 17.5. The van der Waals surface area contributed by atoms with Crippen LogP contribution in [0.5, 0.6) is 5.75 Å². The Balaban J connectivity index is 1.89. The van der Waals surface area contributed by atoms with Crippen LogP contribution < -0.4 is 10.1 Å². The topological polar surface area (TPSA) is 64.6 Å². The zero-order valence-corrected chi connectivity index (χ0v) is 14.7. The highest BCUT2D eigenvalue weighted by atomic mass is 35.5. The third-order valence-corrected chi connectivity index (χ3v) is 4.03. The minimum absolute atomic E-state index is 0.374. The summed E-state index contributed by atoms with van der Waals surface area (Å²) in [5.41, 5.74) is 1.39. The first-order valence-electron chi connectivity index (χ1n) is 7.05. The maximum absolute atomic E-state index is 12.1. The second kappa shape index (κ2) is 8.52. The summed E-state index contributed by atoms with van der Waals surface area (Å²) < 4.78 is 10.1. The lowest BCUT2D eigenvalue weighted by Gasteiger charge is -2.13. The average molecular weight is 366 g/mol. The van der Waals surface area contributed by atoms with Gasteiger partial charge in [0.2, 0.25) is 0 Å². The minimum Gasteiger partial charge on any atom is -0.495 e. The van der Waals surface area contributed by atoms with E-state index in [2.05, 4.69) is 5.32 Å². The molecule has 0 saturated heterocycles. The molecule has 0 saturated carbocycles. The predicted octanol–water partition coefficient (Wildman–Crippen LogP) is 3.99. The summed E-state index contributed by atoms with van der Waals surface area (Å²) in [6.45, 7) is 1.50. The highest BCUT2D eigenvalue weighted by Crippen LogP contribution is 2.27. The van der Waals surface area contributed by atoms with Crippen LogP contribution in [-0.2, 0) is 14.3 Å². The average Bonchev–Trinajstić information content (AvgIpc) is 3.06. The molecule has 1 heterocycles. The van der Waals surface area contributed by atoms with E-state index in [4.69, 9.17) is 21.1 Å². The molecule has 0 fully saturated rings. The fourth-order valence-corrected chi connectivity index (χ4v) is 2.68. The molecular formula is C17H16ClNO4S. The lowest BCUT2D eigenvalue weighted by Crippen LogP contribution is -2.29. The van der Waals surface area contributed by atoms with Gasteiger partial charge in [0.15, 0.2) is 6.10 Å². The number of methoxy groups -OCH3 is 1. The van der Waals surface area contributed by atoms with Crippen LogP contribution in [0.2, 0.25) is 5.02 Å². The van der Waals surface area contributed by atoms with Crippen LogP contribution in [0.15, 0.2) is 41.1 Å². The number of esters is 1. The number of rotatable bonds is 6. The maximum Gasteiger partial charge on any atom is 0.331 e. The summed E-state index contributed by atoms with van der Waals surface area (Å²) in [5, 5.41) is 6.80. The lowest BCUT2D eigenvalue weighted by molar-refractivity contribution is -0.148. The quantitative estimate of drug-likeness (QED) is 0.621. The Kier molecular flexibility index (Phi) is 6.40. The second-order valence-corrected chi connectivity index (χ2v) is 5.99. The highest BCUT2D eigenvalue weighted by Gasteiger charge is 2.17. The van der Waals surface area contributed by atoms with E-state index in [1.807, 2.05) is 16.8 Å². The molecule has 0 radical (unpaired) electrons. The van der Waals surface area contributed by atoms with Crippen LogP contribution in [-0.4, -0.2) is 25.1 Å². The maximum atomic E-state index is 12.1. The van der Waals surface area contributed by atoms with E-state index < -0.39 is 18.0 Å². The van der Waals surface area contributed by atoms with Crippen molar-refractivity contribution in [1.29, 1.82) is 0 Å². The van der Waals surface area contributed by atoms with E-state index in [1.165, 1.54) is 31.4 Å². The van der Waals surface area contributed by atoms with Gasteiger partial charge in [-0.2, -0.15) is 11.3 Å². The Morgan fingerprint density at radius 1 is 1.33 bits per heavy atom. The van der Waals surface area contributed by atoms with Crippen LogP contribution in [0.1, 0.15) is 12.5 Å². The SMILES string of the molecule is COc1ccc(NC(=O)[C@@H](C)OC(=O)/C=C/c2ccsc2)cc1Cl. The number of nitrogens with one attached hydrogen (secondary N) is 1. The van der Waals surface area contributed by atoms with E-state index in [0.717, 1.165) is 5.56 Å². The molecule has 0 aliphatic heterocycles. The van der Waals surface area contributed by atoms with Crippen molar-refractivity contribution >= 4 is 46.6 Å². The number of halogens is 1. The molecule has 7 heteroatoms. The molecular weight excluding hydrogens is 350 g/mol. The monoisotopic (exact) mass is 365 g/mol. The summed E-state index contributed by atoms with van der Waals surface area (Å²) >= 11 is 7.52. The molecule has 0 aliphatic carbocycles. The van der Waals surface area contributed by atoms with Crippen LogP contribution in [0.25, 0.3) is 6.08 Å². The number of anilines is 1. The number of thiophene rings is 1. The molecule has 1 atom stereocenters. The van der Waals surface area contributed by atoms with Gasteiger partial charge in [-0.15, -0.1) is 0 Å². The summed E-state index contributed by atoms with van der Waals surface area (Å²) in [6, 6.07) is 6.72. The zero-order valence-electron chi connectivity index (χ0n) is 13.1. The third kappa shape index (κ3) is 5.11. The summed E-state index contributed by atoms with van der Waals surface area (Å²) in [6.07, 6.45) is 1.98. The predicted molar refractivity (Wildman–Crippen MR) is 95.5 cm³/mol. The Morgan fingerprint density at radius 3 is 2.75 bits per heavy atom. The van der Waals surface area contributed by atoms with Gasteiger partial charge in [-0.05, 0) is 53.6 Å². The Bertz CT molecular complexity index is 743. The van der Waals surface area contributed by atoms with E-state index >= 15 is 0 Å². The molecule has 1 aromatic heterocycles. The van der Waals surface area contributed by atoms with Crippen molar-refractivity contribution < 1.29 is 19.1 Å². The van der Waals surface area contributed by atoms with Gasteiger partial charge in [-0.25, -0.2) is 4.79 Å². The second-order valence-electron chi connectivity index (χ2n) is 4.81. The van der Waals surface area contributed by atoms with Gasteiger partial charge >= 0.3 is 5.97 Å². The molecule has 5 nitrogen and oxygen atoms in total. The lowest BCUT2D eigenvalue weighted by atomic mass is 10.2. The van der Waals surface area contributed by atoms with Crippen LogP contribution in [0, 0.1) is 0 Å². The molecule has 0 spiro atoms. The molecule has 126 valence electrons. The van der Waals surface area contributed by atoms with Crippen molar-refractivity contribution in [1.82, 2.24) is 0 Å². The number of ether oxygens (including phenoxy) is 2. The van der Waals surface area contributed by atoms with Gasteiger partial charge in [0.1, 0.15) is 5.75 Å². The number of benzene rings is 1. The van der Waals surface area contributed by atoms with E-state index in [1.54, 1.807) is 24.3 Å². The van der Waals surface area contributed by atoms with Gasteiger partial charge in [-0.1, -0.05) is 11.6 Å². The summed E-state index contributed by atoms with van der Waals surface area (Å²) in [4.78, 5) is 23.8. The number of hydrogen-bond donors (Lipinski definition) is 1. The smallest absolute Gasteiger partial charge is 0.331 e. The van der Waals surface area contributed by atoms with Crippen LogP contribution in [0.3, 0.4) is 0 Å². The largest absolute Gasteiger partial charge is 0.495 e.